The summed E-state index contributed by atoms with van der Waals surface area (Å²) in [6.45, 7) is 4.08. The fourth-order valence-electron chi connectivity index (χ4n) is 2.26. The molecule has 0 spiro atoms. The minimum absolute atomic E-state index is 0.0844. The van der Waals surface area contributed by atoms with Gasteiger partial charge in [0.1, 0.15) is 11.6 Å². The Morgan fingerprint density at radius 3 is 3.05 bits per heavy atom. The van der Waals surface area contributed by atoms with Crippen LogP contribution < -0.4 is 4.74 Å². The normalized spacial score (nSPS) is 23.7. The Bertz CT molecular complexity index is 496. The zero-order chi connectivity index (χ0) is 15.4. The monoisotopic (exact) mass is 297 g/mol. The number of aliphatic hydroxyl groups excluding tert-OH is 1. The van der Waals surface area contributed by atoms with Gasteiger partial charge in [-0.2, -0.15) is 0 Å². The van der Waals surface area contributed by atoms with E-state index in [1.165, 1.54) is 18.2 Å². The minimum Gasteiger partial charge on any atom is -0.481 e. The number of benzene rings is 1. The highest BCUT2D eigenvalue weighted by Crippen LogP contribution is 2.17. The highest BCUT2D eigenvalue weighted by Gasteiger charge is 2.32. The largest absolute Gasteiger partial charge is 0.481 e. The molecule has 5 nitrogen and oxygen atoms in total. The number of hydrogen-bond donors (Lipinski definition) is 1. The molecule has 3 unspecified atom stereocenters. The second kappa shape index (κ2) is 6.87. The summed E-state index contributed by atoms with van der Waals surface area (Å²) in [4.78, 5) is 14.1. The van der Waals surface area contributed by atoms with Crippen molar-refractivity contribution in [1.82, 2.24) is 4.90 Å². The number of ether oxygens (including phenoxy) is 2. The van der Waals surface area contributed by atoms with Crippen LogP contribution in [0.1, 0.15) is 13.8 Å². The van der Waals surface area contributed by atoms with Gasteiger partial charge in [0.05, 0.1) is 25.4 Å². The number of carbonyl (C=O) groups excluding carboxylic acids is 1. The van der Waals surface area contributed by atoms with Crippen molar-refractivity contribution in [3.8, 4) is 5.75 Å². The molecule has 1 aliphatic heterocycles. The molecule has 1 amide bonds. The third-order valence-corrected chi connectivity index (χ3v) is 3.45. The molecule has 6 heteroatoms. The Morgan fingerprint density at radius 2 is 2.38 bits per heavy atom. The SMILES string of the molecule is CC(Oc1cccc(F)c1)C(=O)N1CC(CO)OCC1C. The summed E-state index contributed by atoms with van der Waals surface area (Å²) in [5.41, 5.74) is 0. The molecule has 1 heterocycles. The highest BCUT2D eigenvalue weighted by atomic mass is 19.1. The van der Waals surface area contributed by atoms with Gasteiger partial charge >= 0.3 is 0 Å². The number of hydrogen-bond acceptors (Lipinski definition) is 4. The Balaban J connectivity index is 2.00. The molecular formula is C15H20FNO4. The molecule has 0 aliphatic carbocycles. The van der Waals surface area contributed by atoms with Crippen LogP contribution in [-0.4, -0.2) is 53.9 Å². The van der Waals surface area contributed by atoms with Gasteiger partial charge in [-0.1, -0.05) is 6.07 Å². The van der Waals surface area contributed by atoms with Crippen molar-refractivity contribution in [1.29, 1.82) is 0 Å². The molecular weight excluding hydrogens is 277 g/mol. The average Bonchev–Trinajstić information content (AvgIpc) is 2.47. The van der Waals surface area contributed by atoms with E-state index in [-0.39, 0.29) is 24.7 Å². The number of nitrogens with zero attached hydrogens (tertiary/aromatic N) is 1. The van der Waals surface area contributed by atoms with E-state index >= 15 is 0 Å². The average molecular weight is 297 g/mol. The van der Waals surface area contributed by atoms with Crippen LogP contribution in [0.4, 0.5) is 4.39 Å². The zero-order valence-electron chi connectivity index (χ0n) is 12.2. The summed E-state index contributed by atoms with van der Waals surface area (Å²) >= 11 is 0. The standard InChI is InChI=1S/C15H20FNO4/c1-10-9-20-14(8-18)7-17(10)15(19)11(2)21-13-5-3-4-12(16)6-13/h3-6,10-11,14,18H,7-9H2,1-2H3. The molecule has 1 aliphatic rings. The van der Waals surface area contributed by atoms with Crippen molar-refractivity contribution >= 4 is 5.91 Å². The number of rotatable bonds is 4. The Hall–Kier alpha value is -1.66. The number of carbonyl (C=O) groups is 1. The molecule has 1 aromatic rings. The number of morpholine rings is 1. The van der Waals surface area contributed by atoms with Crippen LogP contribution in [0.5, 0.6) is 5.75 Å². The summed E-state index contributed by atoms with van der Waals surface area (Å²) in [6.07, 6.45) is -1.10. The van der Waals surface area contributed by atoms with Gasteiger partial charge in [-0.25, -0.2) is 4.39 Å². The van der Waals surface area contributed by atoms with Crippen molar-refractivity contribution in [3.63, 3.8) is 0 Å². The second-order valence-electron chi connectivity index (χ2n) is 5.19. The molecule has 0 bridgehead atoms. The van der Waals surface area contributed by atoms with Crippen molar-refractivity contribution in [2.45, 2.75) is 32.1 Å². The molecule has 0 saturated carbocycles. The molecule has 1 aromatic carbocycles. The quantitative estimate of drug-likeness (QED) is 0.907. The predicted molar refractivity (Wildman–Crippen MR) is 74.5 cm³/mol. The van der Waals surface area contributed by atoms with Gasteiger partial charge in [-0.3, -0.25) is 4.79 Å². The second-order valence-corrected chi connectivity index (χ2v) is 5.19. The number of amides is 1. The van der Waals surface area contributed by atoms with Crippen molar-refractivity contribution in [2.75, 3.05) is 19.8 Å². The minimum atomic E-state index is -0.730. The molecule has 21 heavy (non-hydrogen) atoms. The molecule has 0 aromatic heterocycles. The fraction of sp³-hybridized carbons (Fsp3) is 0.533. The first-order chi connectivity index (χ1) is 10.0. The summed E-state index contributed by atoms with van der Waals surface area (Å²) < 4.78 is 24.0. The topological polar surface area (TPSA) is 59.0 Å². The van der Waals surface area contributed by atoms with E-state index in [4.69, 9.17) is 14.6 Å². The van der Waals surface area contributed by atoms with Gasteiger partial charge in [0, 0.05) is 12.6 Å². The van der Waals surface area contributed by atoms with Crippen LogP contribution in [0.25, 0.3) is 0 Å². The van der Waals surface area contributed by atoms with Crippen LogP contribution >= 0.6 is 0 Å². The van der Waals surface area contributed by atoms with Gasteiger partial charge in [-0.05, 0) is 26.0 Å². The van der Waals surface area contributed by atoms with E-state index in [2.05, 4.69) is 0 Å². The summed E-state index contributed by atoms with van der Waals surface area (Å²) in [7, 11) is 0. The predicted octanol–water partition coefficient (Wildman–Crippen LogP) is 1.20. The van der Waals surface area contributed by atoms with Gasteiger partial charge in [0.15, 0.2) is 6.10 Å². The zero-order valence-corrected chi connectivity index (χ0v) is 12.2. The maximum atomic E-state index is 13.1. The Kier molecular flexibility index (Phi) is 5.14. The number of aliphatic hydroxyl groups is 1. The van der Waals surface area contributed by atoms with Crippen molar-refractivity contribution < 1.29 is 23.8 Å². The first-order valence-electron chi connectivity index (χ1n) is 6.96. The van der Waals surface area contributed by atoms with Gasteiger partial charge in [0.25, 0.3) is 5.91 Å². The maximum Gasteiger partial charge on any atom is 0.263 e. The third-order valence-electron chi connectivity index (χ3n) is 3.45. The van der Waals surface area contributed by atoms with Crippen molar-refractivity contribution in [2.24, 2.45) is 0 Å². The van der Waals surface area contributed by atoms with Crippen LogP contribution in [0.15, 0.2) is 24.3 Å². The summed E-state index contributed by atoms with van der Waals surface area (Å²) in [5.74, 6) is -0.295. The Labute approximate surface area is 123 Å². The van der Waals surface area contributed by atoms with Crippen LogP contribution in [0.2, 0.25) is 0 Å². The van der Waals surface area contributed by atoms with Crippen LogP contribution in [-0.2, 0) is 9.53 Å². The third kappa shape index (κ3) is 3.92. The van der Waals surface area contributed by atoms with E-state index in [0.29, 0.717) is 18.9 Å². The van der Waals surface area contributed by atoms with E-state index < -0.39 is 11.9 Å². The lowest BCUT2D eigenvalue weighted by Crippen LogP contribution is -2.55. The van der Waals surface area contributed by atoms with Gasteiger partial charge < -0.3 is 19.5 Å². The maximum absolute atomic E-state index is 13.1. The molecule has 116 valence electrons. The van der Waals surface area contributed by atoms with Crippen LogP contribution in [0, 0.1) is 5.82 Å². The number of halogens is 1. The first-order valence-corrected chi connectivity index (χ1v) is 6.96. The van der Waals surface area contributed by atoms with Crippen molar-refractivity contribution in [3.05, 3.63) is 30.1 Å². The fourth-order valence-corrected chi connectivity index (χ4v) is 2.26. The van der Waals surface area contributed by atoms with E-state index in [1.807, 2.05) is 6.92 Å². The molecule has 0 radical (unpaired) electrons. The lowest BCUT2D eigenvalue weighted by Gasteiger charge is -2.38. The van der Waals surface area contributed by atoms with E-state index in [0.717, 1.165) is 0 Å². The lowest BCUT2D eigenvalue weighted by molar-refractivity contribution is -0.152. The molecule has 2 rings (SSSR count). The molecule has 1 fully saturated rings. The highest BCUT2D eigenvalue weighted by molar-refractivity contribution is 5.81. The van der Waals surface area contributed by atoms with Crippen LogP contribution in [0.3, 0.4) is 0 Å². The van der Waals surface area contributed by atoms with Gasteiger partial charge in [-0.15, -0.1) is 0 Å². The van der Waals surface area contributed by atoms with E-state index in [9.17, 15) is 9.18 Å². The molecule has 1 saturated heterocycles. The Morgan fingerprint density at radius 1 is 1.62 bits per heavy atom. The molecule has 1 N–H and O–H groups in total. The summed E-state index contributed by atoms with van der Waals surface area (Å²) in [6, 6.07) is 5.60. The first kappa shape index (κ1) is 15.7. The van der Waals surface area contributed by atoms with E-state index in [1.54, 1.807) is 17.9 Å². The van der Waals surface area contributed by atoms with Gasteiger partial charge in [0.2, 0.25) is 0 Å². The smallest absolute Gasteiger partial charge is 0.263 e. The summed E-state index contributed by atoms with van der Waals surface area (Å²) in [5, 5.41) is 9.15. The lowest BCUT2D eigenvalue weighted by atomic mass is 10.1. The molecule has 3 atom stereocenters.